The molecule has 20 heavy (non-hydrogen) atoms. The molecule has 9 heteroatoms. The van der Waals surface area contributed by atoms with Crippen molar-refractivity contribution in [2.24, 2.45) is 0 Å². The lowest BCUT2D eigenvalue weighted by atomic mass is 10.2. The third-order valence-corrected chi connectivity index (χ3v) is 3.28. The summed E-state index contributed by atoms with van der Waals surface area (Å²) in [4.78, 5) is 12.1. The molecule has 2 aromatic rings. The molecule has 0 aliphatic carbocycles. The van der Waals surface area contributed by atoms with Gasteiger partial charge < -0.3 is 16.4 Å². The Hall–Kier alpha value is -2.16. The Kier molecular flexibility index (Phi) is 4.51. The molecule has 0 radical (unpaired) electrons. The average molecular weight is 295 g/mol. The molecule has 0 aliphatic heterocycles. The summed E-state index contributed by atoms with van der Waals surface area (Å²) < 4.78 is 5.72. The normalized spacial score (nSPS) is 10.8. The number of carbonyl (C=O) groups excluding carboxylic acids is 1. The first-order valence-electron chi connectivity index (χ1n) is 6.22. The minimum Gasteiger partial charge on any atom is -0.382 e. The molecule has 8 nitrogen and oxygen atoms in total. The summed E-state index contributed by atoms with van der Waals surface area (Å²) in [6.45, 7) is 5.04. The smallest absolute Gasteiger partial charge is 0.258 e. The zero-order valence-corrected chi connectivity index (χ0v) is 12.1. The minimum atomic E-state index is -0.213. The number of carbonyl (C=O) groups is 1. The average Bonchev–Trinajstić information content (AvgIpc) is 2.98. The second-order valence-electron chi connectivity index (χ2n) is 4.49. The predicted octanol–water partition coefficient (Wildman–Crippen LogP) is 0.567. The summed E-state index contributed by atoms with van der Waals surface area (Å²) in [7, 11) is 0. The maximum absolute atomic E-state index is 12.1. The van der Waals surface area contributed by atoms with Crippen LogP contribution in [0.2, 0.25) is 0 Å². The fourth-order valence-electron chi connectivity index (χ4n) is 1.61. The van der Waals surface area contributed by atoms with E-state index in [-0.39, 0.29) is 17.8 Å². The van der Waals surface area contributed by atoms with Gasteiger partial charge in [0.15, 0.2) is 5.82 Å². The van der Waals surface area contributed by atoms with Gasteiger partial charge in [0.05, 0.1) is 12.7 Å². The number of nitrogens with one attached hydrogen (secondary N) is 2. The molecule has 0 atom stereocenters. The SMILES string of the molecule is CC(C)NC(=O)c1c(N)nsc1NCCn1ccnn1. The molecular weight excluding hydrogens is 278 g/mol. The van der Waals surface area contributed by atoms with Crippen molar-refractivity contribution >= 4 is 28.3 Å². The molecule has 0 saturated heterocycles. The highest BCUT2D eigenvalue weighted by atomic mass is 32.1. The zero-order chi connectivity index (χ0) is 14.5. The fourth-order valence-corrected chi connectivity index (χ4v) is 2.35. The van der Waals surface area contributed by atoms with Gasteiger partial charge in [-0.2, -0.15) is 4.37 Å². The number of rotatable bonds is 6. The number of amides is 1. The first-order chi connectivity index (χ1) is 9.58. The van der Waals surface area contributed by atoms with Crippen LogP contribution in [0, 0.1) is 0 Å². The third kappa shape index (κ3) is 3.44. The highest BCUT2D eigenvalue weighted by Crippen LogP contribution is 2.26. The number of hydrogen-bond acceptors (Lipinski definition) is 7. The van der Waals surface area contributed by atoms with Crippen LogP contribution >= 0.6 is 11.5 Å². The van der Waals surface area contributed by atoms with Gasteiger partial charge in [0.25, 0.3) is 5.91 Å². The number of nitrogens with zero attached hydrogens (tertiary/aromatic N) is 4. The van der Waals surface area contributed by atoms with Gasteiger partial charge in [-0.3, -0.25) is 9.48 Å². The Labute approximate surface area is 120 Å². The van der Waals surface area contributed by atoms with Gasteiger partial charge in [-0.1, -0.05) is 5.21 Å². The van der Waals surface area contributed by atoms with Crippen LogP contribution in [0.15, 0.2) is 12.4 Å². The van der Waals surface area contributed by atoms with Crippen LogP contribution in [0.25, 0.3) is 0 Å². The molecule has 0 spiro atoms. The van der Waals surface area contributed by atoms with E-state index < -0.39 is 0 Å². The molecule has 2 aromatic heterocycles. The van der Waals surface area contributed by atoms with Gasteiger partial charge in [0.1, 0.15) is 10.6 Å². The zero-order valence-electron chi connectivity index (χ0n) is 11.3. The second-order valence-corrected chi connectivity index (χ2v) is 5.27. The van der Waals surface area contributed by atoms with E-state index >= 15 is 0 Å². The molecule has 0 unspecified atom stereocenters. The van der Waals surface area contributed by atoms with E-state index in [4.69, 9.17) is 5.73 Å². The first-order valence-corrected chi connectivity index (χ1v) is 6.99. The van der Waals surface area contributed by atoms with Crippen molar-refractivity contribution in [1.82, 2.24) is 24.7 Å². The summed E-state index contributed by atoms with van der Waals surface area (Å²) in [6, 6.07) is 0.0461. The van der Waals surface area contributed by atoms with Gasteiger partial charge in [0, 0.05) is 18.8 Å². The Bertz CT molecular complexity index is 563. The van der Waals surface area contributed by atoms with Crippen molar-refractivity contribution in [2.45, 2.75) is 26.4 Å². The van der Waals surface area contributed by atoms with E-state index in [0.717, 1.165) is 0 Å². The minimum absolute atomic E-state index is 0.0461. The molecule has 4 N–H and O–H groups in total. The highest BCUT2D eigenvalue weighted by molar-refractivity contribution is 7.11. The standard InChI is InChI=1S/C11H17N7OS/c1-7(2)15-10(19)8-9(12)16-20-11(8)13-3-5-18-6-4-14-17-18/h4,6-7,13H,3,5H2,1-2H3,(H2,12,16)(H,15,19). The van der Waals surface area contributed by atoms with Gasteiger partial charge in [-0.25, -0.2) is 0 Å². The lowest BCUT2D eigenvalue weighted by molar-refractivity contribution is 0.0945. The quantitative estimate of drug-likeness (QED) is 0.718. The Morgan fingerprint density at radius 1 is 1.55 bits per heavy atom. The summed E-state index contributed by atoms with van der Waals surface area (Å²) in [5.41, 5.74) is 6.16. The van der Waals surface area contributed by atoms with Crippen molar-refractivity contribution in [3.8, 4) is 0 Å². The molecule has 1 amide bonds. The summed E-state index contributed by atoms with van der Waals surface area (Å²) >= 11 is 1.18. The lowest BCUT2D eigenvalue weighted by Crippen LogP contribution is -2.31. The third-order valence-electron chi connectivity index (χ3n) is 2.46. The van der Waals surface area contributed by atoms with Gasteiger partial charge in [-0.05, 0) is 25.4 Å². The highest BCUT2D eigenvalue weighted by Gasteiger charge is 2.19. The molecule has 0 aromatic carbocycles. The van der Waals surface area contributed by atoms with E-state index in [2.05, 4.69) is 25.3 Å². The van der Waals surface area contributed by atoms with Crippen LogP contribution in [0.1, 0.15) is 24.2 Å². The number of nitrogens with two attached hydrogens (primary N) is 1. The fraction of sp³-hybridized carbons (Fsp3) is 0.455. The van der Waals surface area contributed by atoms with E-state index in [1.807, 2.05) is 13.8 Å². The summed E-state index contributed by atoms with van der Waals surface area (Å²) in [5.74, 6) is 0.0333. The Balaban J connectivity index is 1.99. The van der Waals surface area contributed by atoms with Gasteiger partial charge in [-0.15, -0.1) is 5.10 Å². The molecule has 0 fully saturated rings. The Morgan fingerprint density at radius 3 is 3.00 bits per heavy atom. The molecule has 108 valence electrons. The Morgan fingerprint density at radius 2 is 2.35 bits per heavy atom. The molecule has 0 saturated carbocycles. The molecule has 0 aliphatic rings. The molecule has 2 rings (SSSR count). The molecular formula is C11H17N7OS. The van der Waals surface area contributed by atoms with Crippen molar-refractivity contribution in [3.63, 3.8) is 0 Å². The van der Waals surface area contributed by atoms with Crippen LogP contribution in [-0.4, -0.2) is 37.9 Å². The van der Waals surface area contributed by atoms with Crippen LogP contribution < -0.4 is 16.4 Å². The van der Waals surface area contributed by atoms with Crippen molar-refractivity contribution < 1.29 is 4.79 Å². The van der Waals surface area contributed by atoms with Gasteiger partial charge >= 0.3 is 0 Å². The number of anilines is 2. The summed E-state index contributed by atoms with van der Waals surface area (Å²) in [5, 5.41) is 14.2. The van der Waals surface area contributed by atoms with Crippen LogP contribution in [0.3, 0.4) is 0 Å². The maximum Gasteiger partial charge on any atom is 0.258 e. The monoisotopic (exact) mass is 295 g/mol. The molecule has 2 heterocycles. The number of aromatic nitrogens is 4. The predicted molar refractivity (Wildman–Crippen MR) is 77.6 cm³/mol. The molecule has 0 bridgehead atoms. The van der Waals surface area contributed by atoms with Crippen LogP contribution in [-0.2, 0) is 6.54 Å². The second kappa shape index (κ2) is 6.33. The topological polar surface area (TPSA) is 111 Å². The summed E-state index contributed by atoms with van der Waals surface area (Å²) in [6.07, 6.45) is 3.39. The maximum atomic E-state index is 12.1. The van der Waals surface area contributed by atoms with E-state index in [1.165, 1.54) is 11.5 Å². The lowest BCUT2D eigenvalue weighted by Gasteiger charge is -2.10. The first kappa shape index (κ1) is 14.3. The van der Waals surface area contributed by atoms with Crippen molar-refractivity contribution in [3.05, 3.63) is 18.0 Å². The van der Waals surface area contributed by atoms with Crippen LogP contribution in [0.4, 0.5) is 10.8 Å². The van der Waals surface area contributed by atoms with Crippen molar-refractivity contribution in [2.75, 3.05) is 17.6 Å². The van der Waals surface area contributed by atoms with E-state index in [0.29, 0.717) is 23.7 Å². The van der Waals surface area contributed by atoms with E-state index in [1.54, 1.807) is 17.1 Å². The van der Waals surface area contributed by atoms with Crippen LogP contribution in [0.5, 0.6) is 0 Å². The largest absolute Gasteiger partial charge is 0.382 e. The number of hydrogen-bond donors (Lipinski definition) is 3. The van der Waals surface area contributed by atoms with Crippen molar-refractivity contribution in [1.29, 1.82) is 0 Å². The number of nitrogen functional groups attached to an aromatic ring is 1. The van der Waals surface area contributed by atoms with E-state index in [9.17, 15) is 4.79 Å². The van der Waals surface area contributed by atoms with Gasteiger partial charge in [0.2, 0.25) is 0 Å².